The molecular weight excluding hydrogens is 184 g/mol. The Labute approximate surface area is 86.5 Å². The van der Waals surface area contributed by atoms with Gasteiger partial charge in [0.2, 0.25) is 0 Å². The predicted octanol–water partition coefficient (Wildman–Crippen LogP) is 1.81. The maximum Gasteiger partial charge on any atom is 0.0383 e. The molecule has 0 aliphatic carbocycles. The molecule has 0 saturated carbocycles. The summed E-state index contributed by atoms with van der Waals surface area (Å²) < 4.78 is 0. The first kappa shape index (κ1) is 15.1. The molecule has 0 fully saturated rings. The van der Waals surface area contributed by atoms with Gasteiger partial charge in [0, 0.05) is 5.97 Å². The van der Waals surface area contributed by atoms with Crippen molar-refractivity contribution in [3.8, 4) is 0 Å². The molecule has 0 aliphatic heterocycles. The molecule has 0 amide bonds. The lowest BCUT2D eigenvalue weighted by atomic mass is 10.2. The minimum atomic E-state index is -1.08. The summed E-state index contributed by atoms with van der Waals surface area (Å²) in [6.45, 7) is 4.64. The van der Waals surface area contributed by atoms with Crippen LogP contribution in [-0.4, -0.2) is 11.7 Å². The first-order valence-electron chi connectivity index (χ1n) is 4.54. The van der Waals surface area contributed by atoms with Gasteiger partial charge < -0.3 is 9.90 Å². The highest BCUT2D eigenvalue weighted by atomic mass is 32.1. The highest BCUT2D eigenvalue weighted by molar-refractivity contribution is 7.80. The van der Waals surface area contributed by atoms with Crippen LogP contribution in [0.4, 0.5) is 0 Å². The fraction of sp³-hybridized carbons (Fsp3) is 0.700. The lowest BCUT2D eigenvalue weighted by Crippen LogP contribution is -2.16. The summed E-state index contributed by atoms with van der Waals surface area (Å²) in [5, 5.41) is 8.89. The van der Waals surface area contributed by atoms with Crippen molar-refractivity contribution in [2.24, 2.45) is 0 Å². The third-order valence-corrected chi connectivity index (χ3v) is 1.63. The van der Waals surface area contributed by atoms with Gasteiger partial charge in [-0.3, -0.25) is 0 Å². The van der Waals surface area contributed by atoms with E-state index >= 15 is 0 Å². The van der Waals surface area contributed by atoms with Crippen LogP contribution in [0.25, 0.3) is 0 Å². The Kier molecular flexibility index (Phi) is 16.3. The number of carbonyl (C=O) groups is 1. The zero-order valence-electron chi connectivity index (χ0n) is 8.29. The third kappa shape index (κ3) is 34.2. The molecule has 0 heterocycles. The monoisotopic (exact) mass is 203 g/mol. The Balaban J connectivity index is 0. The highest BCUT2D eigenvalue weighted by Crippen LogP contribution is 2.03. The van der Waals surface area contributed by atoms with E-state index in [1.165, 1.54) is 32.1 Å². The molecule has 3 heteroatoms. The largest absolute Gasteiger partial charge is 0.550 e. The van der Waals surface area contributed by atoms with E-state index in [1.807, 2.05) is 6.08 Å². The van der Waals surface area contributed by atoms with E-state index in [2.05, 4.69) is 19.2 Å². The smallest absolute Gasteiger partial charge is 0.0383 e. The number of aliphatic carboxylic acids is 1. The predicted molar refractivity (Wildman–Crippen MR) is 57.8 cm³/mol. The molecular formula is C10H19O2S-. The van der Waals surface area contributed by atoms with Crippen LogP contribution in [-0.2, 0) is 4.79 Å². The van der Waals surface area contributed by atoms with Crippen LogP contribution >= 0.6 is 12.6 Å². The van der Waals surface area contributed by atoms with E-state index in [0.717, 1.165) is 12.7 Å². The molecule has 2 nitrogen and oxygen atoms in total. The van der Waals surface area contributed by atoms with Gasteiger partial charge in [-0.2, -0.15) is 12.6 Å². The molecule has 0 unspecified atom stereocenters. The van der Waals surface area contributed by atoms with E-state index in [1.54, 1.807) is 0 Å². The van der Waals surface area contributed by atoms with Crippen molar-refractivity contribution in [2.75, 3.05) is 5.75 Å². The Morgan fingerprint density at radius 1 is 1.38 bits per heavy atom. The summed E-state index contributed by atoms with van der Waals surface area (Å²) in [6.07, 6.45) is 8.40. The average molecular weight is 203 g/mol. The van der Waals surface area contributed by atoms with Gasteiger partial charge in [0.05, 0.1) is 0 Å². The first-order chi connectivity index (χ1) is 6.15. The second kappa shape index (κ2) is 14.1. The van der Waals surface area contributed by atoms with E-state index in [0.29, 0.717) is 0 Å². The molecule has 13 heavy (non-hydrogen) atoms. The van der Waals surface area contributed by atoms with E-state index in [-0.39, 0.29) is 0 Å². The van der Waals surface area contributed by atoms with Crippen molar-refractivity contribution in [1.82, 2.24) is 0 Å². The van der Waals surface area contributed by atoms with Gasteiger partial charge in [-0.1, -0.05) is 18.9 Å². The lowest BCUT2D eigenvalue weighted by Gasteiger charge is -1.94. The summed E-state index contributed by atoms with van der Waals surface area (Å²) in [5.41, 5.74) is 0. The Hall–Kier alpha value is -0.440. The number of allylic oxidation sites excluding steroid dienone is 1. The van der Waals surface area contributed by atoms with Gasteiger partial charge in [0.15, 0.2) is 0 Å². The fourth-order valence-corrected chi connectivity index (χ4v) is 0.978. The fourth-order valence-electron chi connectivity index (χ4n) is 0.754. The molecule has 0 N–H and O–H groups in total. The van der Waals surface area contributed by atoms with Gasteiger partial charge in [-0.25, -0.2) is 0 Å². The second-order valence-electron chi connectivity index (χ2n) is 2.71. The maximum atomic E-state index is 8.89. The molecule has 0 aromatic heterocycles. The van der Waals surface area contributed by atoms with Crippen LogP contribution in [0.1, 0.15) is 39.0 Å². The molecule has 0 aliphatic rings. The van der Waals surface area contributed by atoms with Crippen molar-refractivity contribution >= 4 is 18.6 Å². The van der Waals surface area contributed by atoms with Crippen molar-refractivity contribution < 1.29 is 9.90 Å². The molecule has 0 aromatic carbocycles. The number of unbranched alkanes of at least 4 members (excludes halogenated alkanes) is 4. The average Bonchev–Trinajstić information content (AvgIpc) is 2.03. The molecule has 0 spiro atoms. The second-order valence-corrected chi connectivity index (χ2v) is 3.15. The van der Waals surface area contributed by atoms with Crippen LogP contribution in [0.15, 0.2) is 12.7 Å². The molecule has 0 rings (SSSR count). The number of carboxylic acid groups (broad SMARTS) is 1. The van der Waals surface area contributed by atoms with Crippen LogP contribution in [0.5, 0.6) is 0 Å². The minimum Gasteiger partial charge on any atom is -0.550 e. The quantitative estimate of drug-likeness (QED) is 0.406. The summed E-state index contributed by atoms with van der Waals surface area (Å²) in [7, 11) is 0. The zero-order chi connectivity index (χ0) is 10.5. The van der Waals surface area contributed by atoms with Crippen molar-refractivity contribution in [1.29, 1.82) is 0 Å². The molecule has 0 bridgehead atoms. The standard InChI is InChI=1S/C8H16S.C2H4O2/c1-2-3-4-5-6-7-8-9;1-2(3)4/h2,9H,1,3-8H2;1H3,(H,3,4)/p-1. The first-order valence-corrected chi connectivity index (χ1v) is 5.17. The molecule has 0 radical (unpaired) electrons. The summed E-state index contributed by atoms with van der Waals surface area (Å²) >= 11 is 4.13. The number of hydrogen-bond acceptors (Lipinski definition) is 3. The van der Waals surface area contributed by atoms with Crippen molar-refractivity contribution in [2.45, 2.75) is 39.0 Å². The topological polar surface area (TPSA) is 40.1 Å². The molecule has 0 aromatic rings. The SMILES string of the molecule is C=CCCCCCCS.CC(=O)[O-]. The Bertz CT molecular complexity index is 120. The maximum absolute atomic E-state index is 8.89. The molecule has 0 atom stereocenters. The van der Waals surface area contributed by atoms with Crippen LogP contribution in [0, 0.1) is 0 Å². The Morgan fingerprint density at radius 2 is 1.85 bits per heavy atom. The minimum absolute atomic E-state index is 0.972. The Morgan fingerprint density at radius 3 is 2.23 bits per heavy atom. The highest BCUT2D eigenvalue weighted by Gasteiger charge is 1.84. The van der Waals surface area contributed by atoms with E-state index in [9.17, 15) is 0 Å². The number of carbonyl (C=O) groups excluding carboxylic acids is 1. The summed E-state index contributed by atoms with van der Waals surface area (Å²) in [6, 6.07) is 0. The van der Waals surface area contributed by atoms with Gasteiger partial charge >= 0.3 is 0 Å². The van der Waals surface area contributed by atoms with Crippen LogP contribution < -0.4 is 5.11 Å². The van der Waals surface area contributed by atoms with Crippen molar-refractivity contribution in [3.05, 3.63) is 12.7 Å². The summed E-state index contributed by atoms with van der Waals surface area (Å²) in [4.78, 5) is 8.89. The number of thiol groups is 1. The number of carboxylic acids is 1. The van der Waals surface area contributed by atoms with E-state index in [4.69, 9.17) is 9.90 Å². The van der Waals surface area contributed by atoms with Gasteiger partial charge in [0.25, 0.3) is 0 Å². The number of rotatable bonds is 6. The lowest BCUT2D eigenvalue weighted by molar-refractivity contribution is -0.302. The zero-order valence-corrected chi connectivity index (χ0v) is 9.19. The van der Waals surface area contributed by atoms with Crippen LogP contribution in [0.2, 0.25) is 0 Å². The third-order valence-electron chi connectivity index (χ3n) is 1.32. The number of hydrogen-bond donors (Lipinski definition) is 1. The van der Waals surface area contributed by atoms with E-state index < -0.39 is 5.97 Å². The molecule has 0 saturated heterocycles. The van der Waals surface area contributed by atoms with Gasteiger partial charge in [-0.15, -0.1) is 6.58 Å². The molecule has 78 valence electrons. The normalized spacial score (nSPS) is 8.46. The van der Waals surface area contributed by atoms with Gasteiger partial charge in [0.1, 0.15) is 0 Å². The summed E-state index contributed by atoms with van der Waals surface area (Å²) in [5.74, 6) is -0.0475. The van der Waals surface area contributed by atoms with Gasteiger partial charge in [-0.05, 0) is 31.9 Å². The van der Waals surface area contributed by atoms with Crippen LogP contribution in [0.3, 0.4) is 0 Å². The van der Waals surface area contributed by atoms with Crippen molar-refractivity contribution in [3.63, 3.8) is 0 Å².